The Kier molecular flexibility index (Phi) is 3.85. The van der Waals surface area contributed by atoms with Gasteiger partial charge in [0, 0.05) is 5.39 Å². The van der Waals surface area contributed by atoms with Gasteiger partial charge in [-0.2, -0.15) is 0 Å². The third-order valence-corrected chi connectivity index (χ3v) is 3.83. The molecule has 0 unspecified atom stereocenters. The zero-order valence-corrected chi connectivity index (χ0v) is 11.7. The number of nitrogens with one attached hydrogen (secondary N) is 1. The Bertz CT molecular complexity index is 639. The van der Waals surface area contributed by atoms with E-state index in [1.54, 1.807) is 6.07 Å². The lowest BCUT2D eigenvalue weighted by Gasteiger charge is -2.11. The third kappa shape index (κ3) is 2.76. The van der Waals surface area contributed by atoms with Crippen LogP contribution in [0.2, 0.25) is 5.02 Å². The Morgan fingerprint density at radius 3 is 2.85 bits per heavy atom. The van der Waals surface area contributed by atoms with Crippen LogP contribution in [0.4, 0.5) is 0 Å². The van der Waals surface area contributed by atoms with Crippen molar-refractivity contribution in [1.82, 2.24) is 10.5 Å². The normalized spacial score (nSPS) is 15.7. The number of hydrogen-bond acceptors (Lipinski definition) is 3. The van der Waals surface area contributed by atoms with Crippen molar-refractivity contribution in [3.8, 4) is 0 Å². The summed E-state index contributed by atoms with van der Waals surface area (Å²) < 4.78 is 0. The van der Waals surface area contributed by atoms with Crippen molar-refractivity contribution in [2.24, 2.45) is 0 Å². The van der Waals surface area contributed by atoms with E-state index in [1.807, 2.05) is 24.3 Å². The number of para-hydroxylation sites is 1. The number of fused-ring (bicyclic) bond motifs is 1. The van der Waals surface area contributed by atoms with Crippen LogP contribution in [0.3, 0.4) is 0 Å². The first-order valence-electron chi connectivity index (χ1n) is 6.75. The Balaban J connectivity index is 1.77. The molecule has 3 rings (SSSR count). The number of amides is 1. The summed E-state index contributed by atoms with van der Waals surface area (Å²) in [5.74, 6) is -0.357. The largest absolute Gasteiger partial charge is 0.293 e. The fourth-order valence-electron chi connectivity index (χ4n) is 2.44. The van der Waals surface area contributed by atoms with Gasteiger partial charge in [0.1, 0.15) is 5.69 Å². The number of aromatic nitrogens is 1. The lowest BCUT2D eigenvalue weighted by atomic mass is 10.2. The molecule has 1 aliphatic carbocycles. The van der Waals surface area contributed by atoms with Gasteiger partial charge in [-0.05, 0) is 25.0 Å². The van der Waals surface area contributed by atoms with Crippen LogP contribution >= 0.6 is 11.6 Å². The molecule has 20 heavy (non-hydrogen) atoms. The molecular weight excluding hydrogens is 276 g/mol. The van der Waals surface area contributed by atoms with E-state index in [9.17, 15) is 4.79 Å². The zero-order chi connectivity index (χ0) is 13.9. The number of benzene rings is 1. The van der Waals surface area contributed by atoms with Crippen LogP contribution in [-0.4, -0.2) is 17.0 Å². The topological polar surface area (TPSA) is 51.2 Å². The van der Waals surface area contributed by atoms with Gasteiger partial charge in [0.15, 0.2) is 0 Å². The minimum absolute atomic E-state index is 0.120. The number of carbonyl (C=O) groups excluding carboxylic acids is 1. The maximum atomic E-state index is 12.0. The number of hydroxylamine groups is 1. The fraction of sp³-hybridized carbons (Fsp3) is 0.333. The molecule has 1 saturated carbocycles. The van der Waals surface area contributed by atoms with Crippen molar-refractivity contribution >= 4 is 28.4 Å². The van der Waals surface area contributed by atoms with E-state index < -0.39 is 0 Å². The average molecular weight is 291 g/mol. The number of carbonyl (C=O) groups is 1. The lowest BCUT2D eigenvalue weighted by Crippen LogP contribution is -2.29. The van der Waals surface area contributed by atoms with E-state index in [2.05, 4.69) is 10.5 Å². The van der Waals surface area contributed by atoms with Crippen molar-refractivity contribution < 1.29 is 9.63 Å². The van der Waals surface area contributed by atoms with Crippen LogP contribution in [0.15, 0.2) is 30.3 Å². The second-order valence-corrected chi connectivity index (χ2v) is 5.37. The smallest absolute Gasteiger partial charge is 0.270 e. The fourth-order valence-corrected chi connectivity index (χ4v) is 2.71. The van der Waals surface area contributed by atoms with E-state index in [0.717, 1.165) is 31.1 Å². The first-order valence-corrected chi connectivity index (χ1v) is 7.13. The van der Waals surface area contributed by atoms with Gasteiger partial charge in [-0.3, -0.25) is 9.63 Å². The maximum absolute atomic E-state index is 12.0. The van der Waals surface area contributed by atoms with E-state index in [-0.39, 0.29) is 17.7 Å². The van der Waals surface area contributed by atoms with Gasteiger partial charge < -0.3 is 0 Å². The van der Waals surface area contributed by atoms with Gasteiger partial charge in [0.05, 0.1) is 16.6 Å². The molecule has 1 aromatic heterocycles. The molecule has 1 N–H and O–H groups in total. The highest BCUT2D eigenvalue weighted by molar-refractivity contribution is 6.35. The molecule has 1 amide bonds. The van der Waals surface area contributed by atoms with Crippen molar-refractivity contribution in [2.45, 2.75) is 31.8 Å². The van der Waals surface area contributed by atoms with E-state index >= 15 is 0 Å². The predicted octanol–water partition coefficient (Wildman–Crippen LogP) is 3.49. The number of rotatable bonds is 3. The summed E-state index contributed by atoms with van der Waals surface area (Å²) in [6, 6.07) is 9.02. The highest BCUT2D eigenvalue weighted by Gasteiger charge is 2.18. The van der Waals surface area contributed by atoms with Gasteiger partial charge in [-0.15, -0.1) is 0 Å². The first kappa shape index (κ1) is 13.3. The number of hydrogen-bond donors (Lipinski definition) is 1. The first-order chi connectivity index (χ1) is 9.74. The monoisotopic (exact) mass is 290 g/mol. The summed E-state index contributed by atoms with van der Waals surface area (Å²) in [6.07, 6.45) is 4.41. The quantitative estimate of drug-likeness (QED) is 0.880. The van der Waals surface area contributed by atoms with Crippen molar-refractivity contribution in [3.63, 3.8) is 0 Å². The summed E-state index contributed by atoms with van der Waals surface area (Å²) in [4.78, 5) is 21.7. The molecule has 1 heterocycles. The molecule has 0 saturated heterocycles. The highest BCUT2D eigenvalue weighted by Crippen LogP contribution is 2.23. The number of nitrogens with zero attached hydrogens (tertiary/aromatic N) is 1. The van der Waals surface area contributed by atoms with Gasteiger partial charge in [0.2, 0.25) is 0 Å². The summed E-state index contributed by atoms with van der Waals surface area (Å²) in [5, 5.41) is 1.35. The van der Waals surface area contributed by atoms with Gasteiger partial charge in [-0.25, -0.2) is 10.5 Å². The number of halogens is 1. The minimum atomic E-state index is -0.357. The van der Waals surface area contributed by atoms with Crippen molar-refractivity contribution in [1.29, 1.82) is 0 Å². The number of pyridine rings is 1. The minimum Gasteiger partial charge on any atom is -0.270 e. The predicted molar refractivity (Wildman–Crippen MR) is 77.6 cm³/mol. The van der Waals surface area contributed by atoms with E-state index in [0.29, 0.717) is 10.5 Å². The molecule has 0 bridgehead atoms. The summed E-state index contributed by atoms with van der Waals surface area (Å²) in [6.45, 7) is 0. The Morgan fingerprint density at radius 1 is 1.30 bits per heavy atom. The lowest BCUT2D eigenvalue weighted by molar-refractivity contribution is -0.0127. The second kappa shape index (κ2) is 5.77. The van der Waals surface area contributed by atoms with E-state index in [4.69, 9.17) is 16.4 Å². The molecule has 1 fully saturated rings. The van der Waals surface area contributed by atoms with Crippen LogP contribution in [0.5, 0.6) is 0 Å². The van der Waals surface area contributed by atoms with Crippen LogP contribution < -0.4 is 5.48 Å². The SMILES string of the molecule is O=C(NOC1CCCC1)c1cc(Cl)c2ccccc2n1. The molecule has 2 aromatic rings. The molecule has 5 heteroatoms. The van der Waals surface area contributed by atoms with Gasteiger partial charge in [-0.1, -0.05) is 42.6 Å². The average Bonchev–Trinajstić information content (AvgIpc) is 2.98. The molecule has 0 aliphatic heterocycles. The second-order valence-electron chi connectivity index (χ2n) is 4.96. The van der Waals surface area contributed by atoms with Gasteiger partial charge >= 0.3 is 0 Å². The van der Waals surface area contributed by atoms with Gasteiger partial charge in [0.25, 0.3) is 5.91 Å². The standard InChI is InChI=1S/C15H15ClN2O2/c16-12-9-14(17-13-8-4-3-7-11(12)13)15(19)18-20-10-5-1-2-6-10/h3-4,7-10H,1-2,5-6H2,(H,18,19). The molecule has 0 spiro atoms. The Hall–Kier alpha value is -1.65. The van der Waals surface area contributed by atoms with Crippen molar-refractivity contribution in [3.05, 3.63) is 41.0 Å². The Labute approximate surface area is 122 Å². The maximum Gasteiger partial charge on any atom is 0.293 e. The van der Waals surface area contributed by atoms with Crippen LogP contribution in [-0.2, 0) is 4.84 Å². The molecule has 1 aliphatic rings. The van der Waals surface area contributed by atoms with Crippen LogP contribution in [0.1, 0.15) is 36.2 Å². The molecule has 0 atom stereocenters. The molecule has 0 radical (unpaired) electrons. The highest BCUT2D eigenvalue weighted by atomic mass is 35.5. The summed E-state index contributed by atoms with van der Waals surface area (Å²) in [5.41, 5.74) is 3.44. The van der Waals surface area contributed by atoms with Crippen molar-refractivity contribution in [2.75, 3.05) is 0 Å². The summed E-state index contributed by atoms with van der Waals surface area (Å²) >= 11 is 6.17. The molecule has 104 valence electrons. The molecule has 4 nitrogen and oxygen atoms in total. The van der Waals surface area contributed by atoms with E-state index in [1.165, 1.54) is 0 Å². The summed E-state index contributed by atoms with van der Waals surface area (Å²) in [7, 11) is 0. The van der Waals surface area contributed by atoms with Crippen LogP contribution in [0.25, 0.3) is 10.9 Å². The zero-order valence-electron chi connectivity index (χ0n) is 10.9. The Morgan fingerprint density at radius 2 is 2.05 bits per heavy atom. The molecular formula is C15H15ClN2O2. The molecule has 1 aromatic carbocycles. The van der Waals surface area contributed by atoms with Crippen LogP contribution in [0, 0.1) is 0 Å². The third-order valence-electron chi connectivity index (χ3n) is 3.52.